The molecule has 0 aliphatic rings. The normalized spacial score (nSPS) is 12.2. The van der Waals surface area contributed by atoms with Gasteiger partial charge in [0.2, 0.25) is 0 Å². The molecule has 0 spiro atoms. The summed E-state index contributed by atoms with van der Waals surface area (Å²) in [5, 5.41) is 9.23. The molecule has 4 nitrogen and oxygen atoms in total. The minimum absolute atomic E-state index is 0.0105. The van der Waals surface area contributed by atoms with Gasteiger partial charge < -0.3 is 5.32 Å². The first-order chi connectivity index (χ1) is 10.2. The zero-order chi connectivity index (χ0) is 14.7. The summed E-state index contributed by atoms with van der Waals surface area (Å²) in [6.07, 6.45) is 3.62. The second-order valence-corrected chi connectivity index (χ2v) is 5.13. The number of nitrogens with zero attached hydrogens (tertiary/aromatic N) is 2. The standard InChI is InChI=1S/C17H17N3O/c1-13(12-20-11-5-10-18-20)19-17(21)16-9-4-7-14-6-2-3-8-15(14)16/h2-11,13H,12H2,1H3,(H,19,21). The Balaban J connectivity index is 1.78. The maximum atomic E-state index is 12.5. The summed E-state index contributed by atoms with van der Waals surface area (Å²) in [6.45, 7) is 2.63. The van der Waals surface area contributed by atoms with Gasteiger partial charge in [0.05, 0.1) is 6.54 Å². The van der Waals surface area contributed by atoms with Crippen molar-refractivity contribution in [2.75, 3.05) is 0 Å². The third kappa shape index (κ3) is 2.94. The van der Waals surface area contributed by atoms with E-state index in [1.54, 1.807) is 6.20 Å². The van der Waals surface area contributed by atoms with Crippen LogP contribution < -0.4 is 5.32 Å². The van der Waals surface area contributed by atoms with E-state index >= 15 is 0 Å². The smallest absolute Gasteiger partial charge is 0.252 e. The van der Waals surface area contributed by atoms with Gasteiger partial charge in [-0.05, 0) is 29.8 Å². The number of aromatic nitrogens is 2. The largest absolute Gasteiger partial charge is 0.348 e. The number of hydrogen-bond acceptors (Lipinski definition) is 2. The van der Waals surface area contributed by atoms with Crippen LogP contribution in [0.5, 0.6) is 0 Å². The molecule has 21 heavy (non-hydrogen) atoms. The molecule has 0 bridgehead atoms. The van der Waals surface area contributed by atoms with E-state index in [4.69, 9.17) is 0 Å². The minimum Gasteiger partial charge on any atom is -0.348 e. The predicted octanol–water partition coefficient (Wildman–Crippen LogP) is 2.85. The predicted molar refractivity (Wildman–Crippen MR) is 83.1 cm³/mol. The summed E-state index contributed by atoms with van der Waals surface area (Å²) in [6, 6.07) is 15.6. The molecular formula is C17H17N3O. The minimum atomic E-state index is -0.0496. The van der Waals surface area contributed by atoms with Crippen molar-refractivity contribution < 1.29 is 4.79 Å². The summed E-state index contributed by atoms with van der Waals surface area (Å²) >= 11 is 0. The van der Waals surface area contributed by atoms with E-state index in [1.165, 1.54) is 0 Å². The van der Waals surface area contributed by atoms with Crippen molar-refractivity contribution in [1.29, 1.82) is 0 Å². The Morgan fingerprint density at radius 1 is 1.19 bits per heavy atom. The fourth-order valence-corrected chi connectivity index (χ4v) is 2.46. The fraction of sp³-hybridized carbons (Fsp3) is 0.176. The zero-order valence-electron chi connectivity index (χ0n) is 11.9. The second kappa shape index (κ2) is 5.79. The third-order valence-electron chi connectivity index (χ3n) is 3.43. The number of hydrogen-bond donors (Lipinski definition) is 1. The first-order valence-corrected chi connectivity index (χ1v) is 7.00. The lowest BCUT2D eigenvalue weighted by Crippen LogP contribution is -2.35. The lowest BCUT2D eigenvalue weighted by Gasteiger charge is -2.15. The van der Waals surface area contributed by atoms with Crippen LogP contribution in [0.2, 0.25) is 0 Å². The van der Waals surface area contributed by atoms with Gasteiger partial charge in [-0.25, -0.2) is 0 Å². The molecule has 1 aromatic heterocycles. The Kier molecular flexibility index (Phi) is 3.69. The first-order valence-electron chi connectivity index (χ1n) is 7.00. The second-order valence-electron chi connectivity index (χ2n) is 5.13. The Morgan fingerprint density at radius 3 is 2.81 bits per heavy atom. The molecule has 1 atom stereocenters. The number of amides is 1. The summed E-state index contributed by atoms with van der Waals surface area (Å²) in [5.41, 5.74) is 0.709. The van der Waals surface area contributed by atoms with Crippen molar-refractivity contribution in [2.24, 2.45) is 0 Å². The van der Waals surface area contributed by atoms with E-state index < -0.39 is 0 Å². The molecule has 0 saturated carbocycles. The van der Waals surface area contributed by atoms with Gasteiger partial charge in [0.15, 0.2) is 0 Å². The first kappa shape index (κ1) is 13.4. The van der Waals surface area contributed by atoms with E-state index in [-0.39, 0.29) is 11.9 Å². The maximum Gasteiger partial charge on any atom is 0.252 e. The molecule has 1 unspecified atom stereocenters. The van der Waals surface area contributed by atoms with Crippen LogP contribution in [0.1, 0.15) is 17.3 Å². The van der Waals surface area contributed by atoms with Crippen molar-refractivity contribution in [3.63, 3.8) is 0 Å². The summed E-state index contributed by atoms with van der Waals surface area (Å²) in [4.78, 5) is 12.5. The van der Waals surface area contributed by atoms with E-state index in [1.807, 2.05) is 66.3 Å². The van der Waals surface area contributed by atoms with Crippen LogP contribution in [0, 0.1) is 0 Å². The lowest BCUT2D eigenvalue weighted by atomic mass is 10.0. The number of carbonyl (C=O) groups excluding carboxylic acids is 1. The van der Waals surface area contributed by atoms with Crippen LogP contribution in [0.15, 0.2) is 60.9 Å². The number of nitrogens with one attached hydrogen (secondary N) is 1. The molecule has 0 saturated heterocycles. The fourth-order valence-electron chi connectivity index (χ4n) is 2.46. The van der Waals surface area contributed by atoms with E-state index in [2.05, 4.69) is 10.4 Å². The van der Waals surface area contributed by atoms with Gasteiger partial charge in [0.25, 0.3) is 5.91 Å². The van der Waals surface area contributed by atoms with Crippen LogP contribution in [0.25, 0.3) is 10.8 Å². The average molecular weight is 279 g/mol. The van der Waals surface area contributed by atoms with Crippen LogP contribution >= 0.6 is 0 Å². The van der Waals surface area contributed by atoms with Crippen molar-refractivity contribution in [2.45, 2.75) is 19.5 Å². The molecule has 3 aromatic rings. The quantitative estimate of drug-likeness (QED) is 0.798. The molecule has 0 aliphatic heterocycles. The van der Waals surface area contributed by atoms with Crippen LogP contribution in [0.4, 0.5) is 0 Å². The summed E-state index contributed by atoms with van der Waals surface area (Å²) in [5.74, 6) is -0.0496. The average Bonchev–Trinajstić information content (AvgIpc) is 2.99. The van der Waals surface area contributed by atoms with Crippen LogP contribution in [-0.2, 0) is 6.54 Å². The van der Waals surface area contributed by atoms with Crippen molar-refractivity contribution in [3.05, 3.63) is 66.5 Å². The van der Waals surface area contributed by atoms with Gasteiger partial charge in [-0.15, -0.1) is 0 Å². The topological polar surface area (TPSA) is 46.9 Å². The Hall–Kier alpha value is -2.62. The van der Waals surface area contributed by atoms with E-state index in [9.17, 15) is 4.79 Å². The van der Waals surface area contributed by atoms with Crippen LogP contribution in [0.3, 0.4) is 0 Å². The monoisotopic (exact) mass is 279 g/mol. The Bertz CT molecular complexity index is 744. The zero-order valence-corrected chi connectivity index (χ0v) is 11.9. The van der Waals surface area contributed by atoms with E-state index in [0.29, 0.717) is 12.1 Å². The third-order valence-corrected chi connectivity index (χ3v) is 3.43. The Morgan fingerprint density at radius 2 is 2.00 bits per heavy atom. The van der Waals surface area contributed by atoms with Gasteiger partial charge >= 0.3 is 0 Å². The molecule has 1 N–H and O–H groups in total. The van der Waals surface area contributed by atoms with E-state index in [0.717, 1.165) is 10.8 Å². The maximum absolute atomic E-state index is 12.5. The highest BCUT2D eigenvalue weighted by molar-refractivity contribution is 6.07. The molecular weight excluding hydrogens is 262 g/mol. The number of fused-ring (bicyclic) bond motifs is 1. The summed E-state index contributed by atoms with van der Waals surface area (Å²) in [7, 11) is 0. The van der Waals surface area contributed by atoms with Gasteiger partial charge in [0, 0.05) is 24.0 Å². The van der Waals surface area contributed by atoms with Crippen molar-refractivity contribution in [3.8, 4) is 0 Å². The van der Waals surface area contributed by atoms with Gasteiger partial charge in [0.1, 0.15) is 0 Å². The van der Waals surface area contributed by atoms with Gasteiger partial charge in [-0.2, -0.15) is 5.10 Å². The molecule has 0 fully saturated rings. The molecule has 106 valence electrons. The highest BCUT2D eigenvalue weighted by Crippen LogP contribution is 2.18. The SMILES string of the molecule is CC(Cn1cccn1)NC(=O)c1cccc2ccccc12. The molecule has 1 heterocycles. The molecule has 4 heteroatoms. The number of benzene rings is 2. The van der Waals surface area contributed by atoms with Crippen molar-refractivity contribution >= 4 is 16.7 Å². The Labute approximate surface area is 123 Å². The lowest BCUT2D eigenvalue weighted by molar-refractivity contribution is 0.0937. The molecule has 2 aromatic carbocycles. The molecule has 0 aliphatic carbocycles. The number of carbonyl (C=O) groups is 1. The molecule has 1 amide bonds. The molecule has 3 rings (SSSR count). The van der Waals surface area contributed by atoms with Gasteiger partial charge in [-0.3, -0.25) is 9.48 Å². The highest BCUT2D eigenvalue weighted by Gasteiger charge is 2.12. The molecule has 0 radical (unpaired) electrons. The van der Waals surface area contributed by atoms with Crippen LogP contribution in [-0.4, -0.2) is 21.7 Å². The number of rotatable bonds is 4. The van der Waals surface area contributed by atoms with Crippen molar-refractivity contribution in [1.82, 2.24) is 15.1 Å². The summed E-state index contributed by atoms with van der Waals surface area (Å²) < 4.78 is 1.81. The van der Waals surface area contributed by atoms with Gasteiger partial charge in [-0.1, -0.05) is 36.4 Å². The highest BCUT2D eigenvalue weighted by atomic mass is 16.1.